The maximum Gasteiger partial charge on any atom is 0.418 e. The van der Waals surface area contributed by atoms with E-state index in [1.807, 2.05) is 30.3 Å². The van der Waals surface area contributed by atoms with Crippen LogP contribution in [0.15, 0.2) is 59.9 Å². The van der Waals surface area contributed by atoms with Crippen molar-refractivity contribution in [2.24, 2.45) is 4.99 Å². The molecule has 1 atom stereocenters. The molecule has 0 fully saturated rings. The van der Waals surface area contributed by atoms with Crippen LogP contribution in [0.25, 0.3) is 0 Å². The monoisotopic (exact) mass is 299 g/mol. The zero-order valence-corrected chi connectivity index (χ0v) is 11.9. The number of benzene rings is 1. The smallest absolute Gasteiger partial charge is 0.410 e. The van der Waals surface area contributed by atoms with Gasteiger partial charge in [0.2, 0.25) is 0 Å². The summed E-state index contributed by atoms with van der Waals surface area (Å²) in [5, 5.41) is 3.24. The van der Waals surface area contributed by atoms with E-state index in [9.17, 15) is 4.79 Å². The molecule has 5 nitrogen and oxygen atoms in total. The predicted octanol–water partition coefficient (Wildman–Crippen LogP) is 3.01. The largest absolute Gasteiger partial charge is 0.418 e. The van der Waals surface area contributed by atoms with Crippen LogP contribution in [0, 0.1) is 0 Å². The first-order valence-electron chi connectivity index (χ1n) is 6.45. The van der Waals surface area contributed by atoms with Crippen LogP contribution in [0.5, 0.6) is 5.75 Å². The second kappa shape index (κ2) is 6.41. The number of aliphatic imine (C=N–C) groups is 1. The minimum absolute atomic E-state index is 0.0463. The number of nitrogens with one attached hydrogen (secondary N) is 1. The summed E-state index contributed by atoms with van der Waals surface area (Å²) in [4.78, 5) is 20.2. The van der Waals surface area contributed by atoms with E-state index >= 15 is 0 Å². The molecule has 0 saturated heterocycles. The van der Waals surface area contributed by atoms with E-state index < -0.39 is 6.09 Å². The maximum absolute atomic E-state index is 11.8. The fraction of sp³-hybridized carbons (Fsp3) is 0.133. The van der Waals surface area contributed by atoms with Crippen molar-refractivity contribution in [1.82, 2.24) is 10.3 Å². The first kappa shape index (κ1) is 13.6. The van der Waals surface area contributed by atoms with Crippen LogP contribution in [0.2, 0.25) is 0 Å². The van der Waals surface area contributed by atoms with Gasteiger partial charge in [0, 0.05) is 18.1 Å². The number of ether oxygens (including phenoxy) is 1. The number of hydrogen-bond acceptors (Lipinski definition) is 5. The number of amides is 1. The maximum atomic E-state index is 11.8. The summed E-state index contributed by atoms with van der Waals surface area (Å²) in [5.41, 5.74) is 1.09. The molecule has 2 aromatic rings. The molecule has 1 aromatic carbocycles. The average molecular weight is 299 g/mol. The summed E-state index contributed by atoms with van der Waals surface area (Å²) in [5.74, 6) is 1.30. The van der Waals surface area contributed by atoms with Gasteiger partial charge in [0.25, 0.3) is 0 Å². The number of nitrogens with zero attached hydrogens (tertiary/aromatic N) is 2. The van der Waals surface area contributed by atoms with Crippen molar-refractivity contribution in [2.45, 2.75) is 6.04 Å². The first-order chi connectivity index (χ1) is 10.3. The fourth-order valence-electron chi connectivity index (χ4n) is 1.91. The van der Waals surface area contributed by atoms with Gasteiger partial charge in [-0.15, -0.1) is 0 Å². The van der Waals surface area contributed by atoms with E-state index in [1.165, 1.54) is 11.8 Å². The minimum Gasteiger partial charge on any atom is -0.410 e. The summed E-state index contributed by atoms with van der Waals surface area (Å²) < 4.78 is 5.16. The molecule has 3 rings (SSSR count). The van der Waals surface area contributed by atoms with E-state index in [0.29, 0.717) is 10.9 Å². The van der Waals surface area contributed by atoms with E-state index in [0.717, 1.165) is 11.3 Å². The van der Waals surface area contributed by atoms with Crippen LogP contribution < -0.4 is 10.1 Å². The SMILES string of the molecule is O=C(NC1=NC(c2ccncc2)CS1)Oc1ccccc1. The molecule has 1 amide bonds. The van der Waals surface area contributed by atoms with Crippen molar-refractivity contribution < 1.29 is 9.53 Å². The summed E-state index contributed by atoms with van der Waals surface area (Å²) in [6.45, 7) is 0. The second-order valence-electron chi connectivity index (χ2n) is 4.37. The number of rotatable bonds is 2. The molecule has 1 unspecified atom stereocenters. The Hall–Kier alpha value is -2.34. The van der Waals surface area contributed by atoms with Gasteiger partial charge in [0.15, 0.2) is 5.17 Å². The molecule has 0 bridgehead atoms. The lowest BCUT2D eigenvalue weighted by Crippen LogP contribution is -2.30. The molecule has 6 heteroatoms. The molecule has 1 aliphatic heterocycles. The zero-order chi connectivity index (χ0) is 14.5. The fourth-order valence-corrected chi connectivity index (χ4v) is 2.85. The summed E-state index contributed by atoms with van der Waals surface area (Å²) in [6.07, 6.45) is 2.96. The van der Waals surface area contributed by atoms with Crippen LogP contribution in [-0.4, -0.2) is 22.0 Å². The van der Waals surface area contributed by atoms with Crippen molar-refractivity contribution in [3.05, 3.63) is 60.4 Å². The Balaban J connectivity index is 1.60. The molecule has 0 radical (unpaired) electrons. The number of thioether (sulfide) groups is 1. The number of para-hydroxylation sites is 1. The van der Waals surface area contributed by atoms with Crippen molar-refractivity contribution in [1.29, 1.82) is 0 Å². The van der Waals surface area contributed by atoms with Crippen LogP contribution in [0.4, 0.5) is 4.79 Å². The highest BCUT2D eigenvalue weighted by molar-refractivity contribution is 8.14. The Kier molecular flexibility index (Phi) is 4.16. The van der Waals surface area contributed by atoms with Gasteiger partial charge in [0.05, 0.1) is 6.04 Å². The molecule has 2 heterocycles. The van der Waals surface area contributed by atoms with Gasteiger partial charge in [-0.05, 0) is 29.8 Å². The molecule has 0 saturated carbocycles. The van der Waals surface area contributed by atoms with E-state index in [4.69, 9.17) is 4.74 Å². The van der Waals surface area contributed by atoms with Crippen molar-refractivity contribution in [3.8, 4) is 5.75 Å². The zero-order valence-electron chi connectivity index (χ0n) is 11.1. The highest BCUT2D eigenvalue weighted by Gasteiger charge is 2.21. The van der Waals surface area contributed by atoms with Gasteiger partial charge < -0.3 is 4.74 Å². The molecule has 0 spiro atoms. The Labute approximate surface area is 126 Å². The number of aromatic nitrogens is 1. The van der Waals surface area contributed by atoms with Crippen LogP contribution in [0.1, 0.15) is 11.6 Å². The molecule has 21 heavy (non-hydrogen) atoms. The van der Waals surface area contributed by atoms with Gasteiger partial charge in [0.1, 0.15) is 5.75 Å². The van der Waals surface area contributed by atoms with Gasteiger partial charge in [-0.2, -0.15) is 0 Å². The lowest BCUT2D eigenvalue weighted by Gasteiger charge is -2.05. The molecule has 1 N–H and O–H groups in total. The minimum atomic E-state index is -0.525. The normalized spacial score (nSPS) is 17.1. The highest BCUT2D eigenvalue weighted by Crippen LogP contribution is 2.29. The van der Waals surface area contributed by atoms with Gasteiger partial charge >= 0.3 is 6.09 Å². The van der Waals surface area contributed by atoms with Crippen molar-refractivity contribution in [2.75, 3.05) is 5.75 Å². The average Bonchev–Trinajstić information content (AvgIpc) is 2.97. The van der Waals surface area contributed by atoms with Crippen molar-refractivity contribution >= 4 is 23.0 Å². The van der Waals surface area contributed by atoms with E-state index in [2.05, 4.69) is 15.3 Å². The number of pyridine rings is 1. The van der Waals surface area contributed by atoms with Gasteiger partial charge in [-0.25, -0.2) is 4.79 Å². The Bertz CT molecular complexity index is 646. The van der Waals surface area contributed by atoms with Gasteiger partial charge in [-0.3, -0.25) is 15.3 Å². The van der Waals surface area contributed by atoms with Crippen LogP contribution in [0.3, 0.4) is 0 Å². The predicted molar refractivity (Wildman–Crippen MR) is 82.5 cm³/mol. The molecule has 1 aromatic heterocycles. The number of amidine groups is 1. The molecule has 0 aliphatic carbocycles. The third-order valence-corrected chi connectivity index (χ3v) is 3.87. The number of carbonyl (C=O) groups is 1. The van der Waals surface area contributed by atoms with E-state index in [1.54, 1.807) is 24.5 Å². The Morgan fingerprint density at radius 1 is 1.19 bits per heavy atom. The lowest BCUT2D eigenvalue weighted by molar-refractivity contribution is 0.206. The Morgan fingerprint density at radius 3 is 2.71 bits per heavy atom. The molecule has 106 valence electrons. The quantitative estimate of drug-likeness (QED) is 0.926. The van der Waals surface area contributed by atoms with E-state index in [-0.39, 0.29) is 6.04 Å². The molecular formula is C15H13N3O2S. The summed E-state index contributed by atoms with van der Waals surface area (Å²) >= 11 is 1.50. The standard InChI is InChI=1S/C15H13N3O2S/c19-15(20-12-4-2-1-3-5-12)18-14-17-13(10-21-14)11-6-8-16-9-7-11/h1-9,13H,10H2,(H,17,18,19). The van der Waals surface area contributed by atoms with Crippen LogP contribution in [-0.2, 0) is 0 Å². The first-order valence-corrected chi connectivity index (χ1v) is 7.44. The lowest BCUT2D eigenvalue weighted by atomic mass is 10.1. The topological polar surface area (TPSA) is 63.6 Å². The summed E-state index contributed by atoms with van der Waals surface area (Å²) in [6, 6.07) is 12.8. The third-order valence-electron chi connectivity index (χ3n) is 2.90. The molecule has 1 aliphatic rings. The van der Waals surface area contributed by atoms with Crippen LogP contribution >= 0.6 is 11.8 Å². The van der Waals surface area contributed by atoms with Crippen molar-refractivity contribution in [3.63, 3.8) is 0 Å². The highest BCUT2D eigenvalue weighted by atomic mass is 32.2. The van der Waals surface area contributed by atoms with Gasteiger partial charge in [-0.1, -0.05) is 30.0 Å². The number of hydrogen-bond donors (Lipinski definition) is 1. The summed E-state index contributed by atoms with van der Waals surface area (Å²) in [7, 11) is 0. The Morgan fingerprint density at radius 2 is 1.95 bits per heavy atom. The number of carbonyl (C=O) groups excluding carboxylic acids is 1. The molecular weight excluding hydrogens is 286 g/mol. The third kappa shape index (κ3) is 3.61. The second-order valence-corrected chi connectivity index (χ2v) is 5.38.